The topological polar surface area (TPSA) is 82.1 Å². The lowest BCUT2D eigenvalue weighted by Gasteiger charge is -2.06. The normalized spacial score (nSPS) is 37.1. The van der Waals surface area contributed by atoms with E-state index in [1.54, 1.807) is 13.8 Å². The molecule has 7 heteroatoms. The lowest BCUT2D eigenvalue weighted by atomic mass is 10.3. The maximum atomic E-state index is 10.2. The van der Waals surface area contributed by atoms with Gasteiger partial charge in [0.2, 0.25) is 0 Å². The van der Waals surface area contributed by atoms with Crippen LogP contribution in [0.3, 0.4) is 0 Å². The summed E-state index contributed by atoms with van der Waals surface area (Å²) in [7, 11) is -4.50. The first-order chi connectivity index (χ1) is 5.38. The number of hydrogen-bond acceptors (Lipinski definition) is 5. The van der Waals surface area contributed by atoms with Crippen molar-refractivity contribution in [2.24, 2.45) is 0 Å². The summed E-state index contributed by atoms with van der Waals surface area (Å²) in [6.45, 7) is 2.08. The molecule has 0 bridgehead atoms. The van der Waals surface area contributed by atoms with Crippen molar-refractivity contribution in [1.82, 2.24) is 0 Å². The number of rotatable bonds is 2. The lowest BCUT2D eigenvalue weighted by molar-refractivity contribution is -0.190. The number of hydrogen-bond donors (Lipinski definition) is 1. The average molecular weight is 198 g/mol. The predicted octanol–water partition coefficient (Wildman–Crippen LogP) is -0.0868. The summed E-state index contributed by atoms with van der Waals surface area (Å²) in [6, 6.07) is 0. The van der Waals surface area contributed by atoms with Crippen LogP contribution in [0.25, 0.3) is 0 Å². The van der Waals surface area contributed by atoms with E-state index in [1.807, 2.05) is 0 Å². The summed E-state index contributed by atoms with van der Waals surface area (Å²) >= 11 is 0. The van der Waals surface area contributed by atoms with Crippen LogP contribution in [-0.4, -0.2) is 31.7 Å². The van der Waals surface area contributed by atoms with Crippen LogP contribution in [0, 0.1) is 0 Å². The van der Waals surface area contributed by atoms with Crippen LogP contribution in [0.2, 0.25) is 0 Å². The fourth-order valence-electron chi connectivity index (χ4n) is 0.749. The fourth-order valence-corrected chi connectivity index (χ4v) is 1.04. The molecule has 0 aromatic carbocycles. The molecule has 72 valence electrons. The third-order valence-corrected chi connectivity index (χ3v) is 1.91. The summed E-state index contributed by atoms with van der Waals surface area (Å²) in [5, 5.41) is 0. The van der Waals surface area contributed by atoms with E-state index in [0.29, 0.717) is 0 Å². The van der Waals surface area contributed by atoms with Gasteiger partial charge in [0, 0.05) is 0 Å². The van der Waals surface area contributed by atoms with Crippen LogP contribution in [-0.2, 0) is 24.1 Å². The zero-order chi connectivity index (χ0) is 9.35. The third kappa shape index (κ3) is 2.68. The van der Waals surface area contributed by atoms with E-state index in [1.165, 1.54) is 0 Å². The van der Waals surface area contributed by atoms with E-state index < -0.39 is 16.9 Å². The van der Waals surface area contributed by atoms with Gasteiger partial charge in [-0.25, -0.2) is 0 Å². The molecule has 12 heavy (non-hydrogen) atoms. The highest BCUT2D eigenvalue weighted by molar-refractivity contribution is 7.80. The zero-order valence-electron chi connectivity index (χ0n) is 6.63. The van der Waals surface area contributed by atoms with Gasteiger partial charge in [0.25, 0.3) is 6.48 Å². The van der Waals surface area contributed by atoms with E-state index in [2.05, 4.69) is 4.18 Å². The molecule has 0 radical (unpaired) electrons. The minimum atomic E-state index is -4.50. The SMILES string of the molecule is CC1OC(OS(=O)(=O)O)OC1C. The highest BCUT2D eigenvalue weighted by Crippen LogP contribution is 2.19. The van der Waals surface area contributed by atoms with Gasteiger partial charge in [0.05, 0.1) is 12.2 Å². The van der Waals surface area contributed by atoms with Gasteiger partial charge in [-0.2, -0.15) is 12.6 Å². The monoisotopic (exact) mass is 198 g/mol. The van der Waals surface area contributed by atoms with Crippen molar-refractivity contribution in [2.75, 3.05) is 0 Å². The number of ether oxygens (including phenoxy) is 2. The molecule has 1 saturated heterocycles. The van der Waals surface area contributed by atoms with Crippen molar-refractivity contribution in [2.45, 2.75) is 32.5 Å². The van der Waals surface area contributed by atoms with Crippen molar-refractivity contribution in [3.8, 4) is 0 Å². The molecule has 1 aliphatic heterocycles. The van der Waals surface area contributed by atoms with Crippen LogP contribution in [0.1, 0.15) is 13.8 Å². The molecule has 6 nitrogen and oxygen atoms in total. The Morgan fingerprint density at radius 3 is 2.00 bits per heavy atom. The van der Waals surface area contributed by atoms with Gasteiger partial charge in [-0.05, 0) is 13.8 Å². The van der Waals surface area contributed by atoms with E-state index in [9.17, 15) is 8.42 Å². The molecule has 0 saturated carbocycles. The van der Waals surface area contributed by atoms with E-state index in [0.717, 1.165) is 0 Å². The van der Waals surface area contributed by atoms with E-state index in [4.69, 9.17) is 14.0 Å². The highest BCUT2D eigenvalue weighted by atomic mass is 32.3. The van der Waals surface area contributed by atoms with Gasteiger partial charge in [-0.15, -0.1) is 0 Å². The van der Waals surface area contributed by atoms with E-state index in [-0.39, 0.29) is 12.2 Å². The van der Waals surface area contributed by atoms with E-state index >= 15 is 0 Å². The van der Waals surface area contributed by atoms with Gasteiger partial charge in [0.15, 0.2) is 0 Å². The molecule has 0 amide bonds. The minimum absolute atomic E-state index is 0.253. The highest BCUT2D eigenvalue weighted by Gasteiger charge is 2.33. The smallest absolute Gasteiger partial charge is 0.323 e. The summed E-state index contributed by atoms with van der Waals surface area (Å²) < 4.78 is 42.3. The maximum absolute atomic E-state index is 10.2. The van der Waals surface area contributed by atoms with Crippen LogP contribution < -0.4 is 0 Å². The van der Waals surface area contributed by atoms with Crippen LogP contribution in [0.5, 0.6) is 0 Å². The molecule has 1 heterocycles. The molecule has 1 fully saturated rings. The van der Waals surface area contributed by atoms with Gasteiger partial charge in [-0.3, -0.25) is 4.55 Å². The summed E-state index contributed by atoms with van der Waals surface area (Å²) in [5.41, 5.74) is 0. The first-order valence-corrected chi connectivity index (χ1v) is 4.71. The molecule has 1 rings (SSSR count). The lowest BCUT2D eigenvalue weighted by Crippen LogP contribution is -2.18. The van der Waals surface area contributed by atoms with Crippen LogP contribution in [0.4, 0.5) is 0 Å². The molecule has 0 spiro atoms. The Balaban J connectivity index is 2.48. The summed E-state index contributed by atoms with van der Waals surface area (Å²) in [4.78, 5) is 0. The third-order valence-electron chi connectivity index (χ3n) is 1.51. The molecular formula is C5H10O6S. The van der Waals surface area contributed by atoms with Crippen molar-refractivity contribution in [3.05, 3.63) is 0 Å². The second-order valence-electron chi connectivity index (χ2n) is 2.50. The molecule has 0 aliphatic carbocycles. The second-order valence-corrected chi connectivity index (χ2v) is 3.54. The molecule has 1 N–H and O–H groups in total. The molecule has 2 unspecified atom stereocenters. The largest absolute Gasteiger partial charge is 0.401 e. The Kier molecular flexibility index (Phi) is 2.69. The standard InChI is InChI=1S/C5H10O6S/c1-3-4(2)10-5(9-3)11-12(6,7)8/h3-5H,1-2H3,(H,6,7,8). The summed E-state index contributed by atoms with van der Waals surface area (Å²) in [6.07, 6.45) is -0.506. The first-order valence-electron chi connectivity index (χ1n) is 3.35. The summed E-state index contributed by atoms with van der Waals surface area (Å²) in [5.74, 6) is 0. The first kappa shape index (κ1) is 9.87. The Bertz CT molecular complexity index is 237. The Labute approximate surface area is 70.4 Å². The zero-order valence-corrected chi connectivity index (χ0v) is 7.45. The molecule has 2 atom stereocenters. The van der Waals surface area contributed by atoms with Gasteiger partial charge >= 0.3 is 10.4 Å². The maximum Gasteiger partial charge on any atom is 0.401 e. The van der Waals surface area contributed by atoms with Gasteiger partial charge < -0.3 is 9.47 Å². The molecule has 0 aromatic rings. The minimum Gasteiger partial charge on any atom is -0.323 e. The Morgan fingerprint density at radius 1 is 1.25 bits per heavy atom. The van der Waals surface area contributed by atoms with Crippen molar-refractivity contribution in [3.63, 3.8) is 0 Å². The molecular weight excluding hydrogens is 188 g/mol. The predicted molar refractivity (Wildman–Crippen MR) is 37.5 cm³/mol. The Morgan fingerprint density at radius 2 is 1.67 bits per heavy atom. The van der Waals surface area contributed by atoms with Crippen molar-refractivity contribution < 1.29 is 26.6 Å². The quantitative estimate of drug-likeness (QED) is 0.624. The molecule has 1 aliphatic rings. The van der Waals surface area contributed by atoms with Crippen molar-refractivity contribution >= 4 is 10.4 Å². The van der Waals surface area contributed by atoms with Gasteiger partial charge in [-0.1, -0.05) is 0 Å². The molecule has 0 aromatic heterocycles. The van der Waals surface area contributed by atoms with Crippen LogP contribution >= 0.6 is 0 Å². The average Bonchev–Trinajstić information content (AvgIpc) is 2.07. The Hall–Kier alpha value is -0.210. The van der Waals surface area contributed by atoms with Crippen LogP contribution in [0.15, 0.2) is 0 Å². The fraction of sp³-hybridized carbons (Fsp3) is 1.00. The second kappa shape index (κ2) is 3.27. The van der Waals surface area contributed by atoms with Gasteiger partial charge in [0.1, 0.15) is 0 Å². The van der Waals surface area contributed by atoms with Crippen molar-refractivity contribution in [1.29, 1.82) is 0 Å².